The Balaban J connectivity index is 1.57. The van der Waals surface area contributed by atoms with E-state index < -0.39 is 11.9 Å². The maximum absolute atomic E-state index is 11.6. The number of hydrogen-bond acceptors (Lipinski definition) is 4. The van der Waals surface area contributed by atoms with Crippen LogP contribution < -0.4 is 0 Å². The zero-order chi connectivity index (χ0) is 17.9. The van der Waals surface area contributed by atoms with Crippen LogP contribution in [0.15, 0.2) is 61.1 Å². The molecule has 0 radical (unpaired) electrons. The minimum absolute atomic E-state index is 0.421. The molecule has 6 nitrogen and oxygen atoms in total. The van der Waals surface area contributed by atoms with Gasteiger partial charge in [-0.2, -0.15) is 5.10 Å². The van der Waals surface area contributed by atoms with Crippen LogP contribution >= 0.6 is 0 Å². The maximum Gasteiger partial charge on any atom is 0.309 e. The lowest BCUT2D eigenvalue weighted by molar-refractivity contribution is -0.142. The summed E-state index contributed by atoms with van der Waals surface area (Å²) in [4.78, 5) is 18.0. The van der Waals surface area contributed by atoms with Gasteiger partial charge in [-0.05, 0) is 34.9 Å². The van der Waals surface area contributed by atoms with E-state index in [4.69, 9.17) is 0 Å². The first-order chi connectivity index (χ1) is 12.7. The number of fused-ring (bicyclic) bond motifs is 1. The van der Waals surface area contributed by atoms with Crippen LogP contribution in [0.25, 0.3) is 11.1 Å². The smallest absolute Gasteiger partial charge is 0.309 e. The highest BCUT2D eigenvalue weighted by molar-refractivity contribution is 5.70. The van der Waals surface area contributed by atoms with Gasteiger partial charge >= 0.3 is 5.97 Å². The van der Waals surface area contributed by atoms with E-state index >= 15 is 0 Å². The lowest BCUT2D eigenvalue weighted by Gasteiger charge is -2.22. The number of carboxylic acids is 1. The lowest BCUT2D eigenvalue weighted by atomic mass is 10.0. The Labute approximate surface area is 151 Å². The van der Waals surface area contributed by atoms with Crippen LogP contribution in [0.5, 0.6) is 0 Å². The molecule has 0 bridgehead atoms. The highest BCUT2D eigenvalue weighted by Gasteiger charge is 2.27. The molecule has 1 aromatic carbocycles. The second kappa shape index (κ2) is 7.09. The summed E-state index contributed by atoms with van der Waals surface area (Å²) in [6, 6.07) is 14.3. The summed E-state index contributed by atoms with van der Waals surface area (Å²) in [5, 5.41) is 13.8. The summed E-state index contributed by atoms with van der Waals surface area (Å²) in [6.45, 7) is 2.32. The largest absolute Gasteiger partial charge is 0.481 e. The second-order valence-electron chi connectivity index (χ2n) is 6.65. The summed E-state index contributed by atoms with van der Waals surface area (Å²) in [6.07, 6.45) is 5.35. The van der Waals surface area contributed by atoms with Gasteiger partial charge in [0.15, 0.2) is 0 Å². The molecule has 0 saturated heterocycles. The normalized spacial score (nSPS) is 17.5. The fourth-order valence-corrected chi connectivity index (χ4v) is 3.45. The molecule has 0 spiro atoms. The van der Waals surface area contributed by atoms with Gasteiger partial charge in [-0.3, -0.25) is 19.4 Å². The van der Waals surface area contributed by atoms with E-state index in [2.05, 4.69) is 33.2 Å². The van der Waals surface area contributed by atoms with Crippen molar-refractivity contribution in [2.24, 2.45) is 5.92 Å². The zero-order valence-electron chi connectivity index (χ0n) is 14.3. The average molecular weight is 348 g/mol. The van der Waals surface area contributed by atoms with E-state index in [1.54, 1.807) is 12.4 Å². The Hall–Kier alpha value is -2.99. The monoisotopic (exact) mass is 348 g/mol. The molecule has 0 amide bonds. The number of hydrogen-bond donors (Lipinski definition) is 1. The fourth-order valence-electron chi connectivity index (χ4n) is 3.45. The van der Waals surface area contributed by atoms with Crippen LogP contribution in [0.4, 0.5) is 0 Å². The van der Waals surface area contributed by atoms with Crippen molar-refractivity contribution in [2.45, 2.75) is 19.6 Å². The minimum Gasteiger partial charge on any atom is -0.481 e. The Morgan fingerprint density at radius 2 is 2.00 bits per heavy atom. The van der Waals surface area contributed by atoms with Crippen LogP contribution in [0.3, 0.4) is 0 Å². The Bertz CT molecular complexity index is 907. The average Bonchev–Trinajstić information content (AvgIpc) is 3.01. The molecule has 3 heterocycles. The standard InChI is InChI=1S/C20H20N4O2/c25-20(26)18-12-23(14-19-6-8-22-24(19)13-18)11-15-3-1-4-16(9-15)17-5-2-7-21-10-17/h1-10,18H,11-14H2,(H,25,26). The molecule has 6 heteroatoms. The van der Waals surface area contributed by atoms with Crippen molar-refractivity contribution in [1.82, 2.24) is 19.7 Å². The van der Waals surface area contributed by atoms with Crippen LogP contribution in [-0.4, -0.2) is 37.3 Å². The first-order valence-corrected chi connectivity index (χ1v) is 8.64. The van der Waals surface area contributed by atoms with E-state index in [0.29, 0.717) is 26.2 Å². The third-order valence-electron chi connectivity index (χ3n) is 4.74. The van der Waals surface area contributed by atoms with Gasteiger partial charge in [-0.1, -0.05) is 24.3 Å². The predicted octanol–water partition coefficient (Wildman–Crippen LogP) is 2.66. The molecule has 26 heavy (non-hydrogen) atoms. The maximum atomic E-state index is 11.6. The van der Waals surface area contributed by atoms with E-state index in [0.717, 1.165) is 22.4 Å². The number of aliphatic carboxylic acids is 1. The molecule has 4 rings (SSSR count). The Kier molecular flexibility index (Phi) is 4.50. The molecular formula is C20H20N4O2. The highest BCUT2D eigenvalue weighted by Crippen LogP contribution is 2.22. The van der Waals surface area contributed by atoms with Crippen LogP contribution in [-0.2, 0) is 24.4 Å². The van der Waals surface area contributed by atoms with Crippen molar-refractivity contribution in [3.8, 4) is 11.1 Å². The molecule has 0 aliphatic carbocycles. The Morgan fingerprint density at radius 1 is 1.12 bits per heavy atom. The molecule has 1 aliphatic rings. The van der Waals surface area contributed by atoms with Crippen molar-refractivity contribution in [3.05, 3.63) is 72.3 Å². The summed E-state index contributed by atoms with van der Waals surface area (Å²) in [5.41, 5.74) is 4.40. The summed E-state index contributed by atoms with van der Waals surface area (Å²) in [5.74, 6) is -1.24. The van der Waals surface area contributed by atoms with Crippen molar-refractivity contribution < 1.29 is 9.90 Å². The lowest BCUT2D eigenvalue weighted by Crippen LogP contribution is -2.31. The van der Waals surface area contributed by atoms with Crippen molar-refractivity contribution in [2.75, 3.05) is 6.54 Å². The molecular weight excluding hydrogens is 328 g/mol. The first-order valence-electron chi connectivity index (χ1n) is 8.64. The predicted molar refractivity (Wildman–Crippen MR) is 97.1 cm³/mol. The van der Waals surface area contributed by atoms with Crippen molar-refractivity contribution >= 4 is 5.97 Å². The van der Waals surface area contributed by atoms with Gasteiger partial charge in [0.1, 0.15) is 0 Å². The third-order valence-corrected chi connectivity index (χ3v) is 4.74. The summed E-state index contributed by atoms with van der Waals surface area (Å²) < 4.78 is 1.81. The van der Waals surface area contributed by atoms with Gasteiger partial charge in [0.2, 0.25) is 0 Å². The number of aromatic nitrogens is 3. The zero-order valence-corrected chi connectivity index (χ0v) is 14.3. The molecule has 1 aliphatic heterocycles. The second-order valence-corrected chi connectivity index (χ2v) is 6.65. The third kappa shape index (κ3) is 3.50. The molecule has 0 saturated carbocycles. The molecule has 1 unspecified atom stereocenters. The summed E-state index contributed by atoms with van der Waals surface area (Å²) in [7, 11) is 0. The van der Waals surface area contributed by atoms with Gasteiger partial charge in [0.25, 0.3) is 0 Å². The SMILES string of the molecule is O=C(O)C1CN(Cc2cccc(-c3cccnc3)c2)Cc2ccnn2C1. The highest BCUT2D eigenvalue weighted by atomic mass is 16.4. The van der Waals surface area contributed by atoms with Gasteiger partial charge in [0, 0.05) is 38.2 Å². The van der Waals surface area contributed by atoms with Gasteiger partial charge in [-0.25, -0.2) is 0 Å². The quantitative estimate of drug-likeness (QED) is 0.785. The molecule has 2 aromatic heterocycles. The van der Waals surface area contributed by atoms with Gasteiger partial charge in [-0.15, -0.1) is 0 Å². The molecule has 132 valence electrons. The van der Waals surface area contributed by atoms with Crippen LogP contribution in [0, 0.1) is 5.92 Å². The summed E-state index contributed by atoms with van der Waals surface area (Å²) >= 11 is 0. The number of benzene rings is 1. The number of rotatable bonds is 4. The number of pyridine rings is 1. The first kappa shape index (κ1) is 16.5. The van der Waals surface area contributed by atoms with Gasteiger partial charge in [0.05, 0.1) is 18.2 Å². The molecule has 1 atom stereocenters. The number of nitrogens with zero attached hydrogens (tertiary/aromatic N) is 4. The minimum atomic E-state index is -0.775. The molecule has 3 aromatic rings. The van der Waals surface area contributed by atoms with E-state index in [1.165, 1.54) is 0 Å². The van der Waals surface area contributed by atoms with E-state index in [9.17, 15) is 9.90 Å². The van der Waals surface area contributed by atoms with Crippen LogP contribution in [0.2, 0.25) is 0 Å². The molecule has 1 N–H and O–H groups in total. The van der Waals surface area contributed by atoms with Crippen LogP contribution in [0.1, 0.15) is 11.3 Å². The van der Waals surface area contributed by atoms with E-state index in [1.807, 2.05) is 35.1 Å². The Morgan fingerprint density at radius 3 is 2.81 bits per heavy atom. The molecule has 0 fully saturated rings. The fraction of sp³-hybridized carbons (Fsp3) is 0.250. The topological polar surface area (TPSA) is 71.2 Å². The number of carboxylic acid groups (broad SMARTS) is 1. The van der Waals surface area contributed by atoms with E-state index in [-0.39, 0.29) is 0 Å². The van der Waals surface area contributed by atoms with Gasteiger partial charge < -0.3 is 5.11 Å². The number of carbonyl (C=O) groups is 1. The van der Waals surface area contributed by atoms with Crippen molar-refractivity contribution in [1.29, 1.82) is 0 Å². The van der Waals surface area contributed by atoms with Crippen molar-refractivity contribution in [3.63, 3.8) is 0 Å².